The second-order valence-electron chi connectivity index (χ2n) is 5.07. The van der Waals surface area contributed by atoms with Crippen LogP contribution in [-0.4, -0.2) is 27.7 Å². The topological polar surface area (TPSA) is 84.1 Å². The van der Waals surface area contributed by atoms with E-state index in [0.29, 0.717) is 13.0 Å². The lowest BCUT2D eigenvalue weighted by atomic mass is 9.87. The number of nitrogens with two attached hydrogens (primary N) is 1. The number of nitrogens with zero attached hydrogens (tertiary/aromatic N) is 2. The molecule has 0 saturated heterocycles. The maximum Gasteiger partial charge on any atom is 0.451 e. The number of rotatable bonds is 3. The van der Waals surface area contributed by atoms with Crippen LogP contribution < -0.4 is 11.1 Å². The van der Waals surface area contributed by atoms with Crippen LogP contribution >= 0.6 is 0 Å². The van der Waals surface area contributed by atoms with Gasteiger partial charge in [-0.05, 0) is 25.2 Å². The molecule has 0 aliphatic heterocycles. The van der Waals surface area contributed by atoms with Crippen LogP contribution in [0.2, 0.25) is 0 Å². The molecule has 1 aromatic heterocycles. The highest BCUT2D eigenvalue weighted by Crippen LogP contribution is 2.28. The largest absolute Gasteiger partial charge is 0.451 e. The van der Waals surface area contributed by atoms with Gasteiger partial charge in [-0.2, -0.15) is 13.2 Å². The monoisotopic (exact) mass is 290 g/mol. The number of aliphatic hydroxyl groups is 1. The van der Waals surface area contributed by atoms with Gasteiger partial charge in [-0.15, -0.1) is 0 Å². The number of nitrogen functional groups attached to an aromatic ring is 1. The summed E-state index contributed by atoms with van der Waals surface area (Å²) in [5, 5.41) is 12.4. The molecule has 1 fully saturated rings. The molecule has 20 heavy (non-hydrogen) atoms. The summed E-state index contributed by atoms with van der Waals surface area (Å²) in [6.07, 6.45) is -1.64. The van der Waals surface area contributed by atoms with Gasteiger partial charge in [0.25, 0.3) is 0 Å². The summed E-state index contributed by atoms with van der Waals surface area (Å²) in [4.78, 5) is 6.59. The highest BCUT2D eigenvalue weighted by Gasteiger charge is 2.35. The number of nitrogens with one attached hydrogen (secondary N) is 1. The summed E-state index contributed by atoms with van der Waals surface area (Å²) in [6.45, 7) is 0.463. The van der Waals surface area contributed by atoms with Crippen LogP contribution in [0.4, 0.5) is 24.8 Å². The van der Waals surface area contributed by atoms with Crippen molar-refractivity contribution in [3.05, 3.63) is 11.9 Å². The number of aliphatic hydroxyl groups excluding tert-OH is 1. The fourth-order valence-corrected chi connectivity index (χ4v) is 2.38. The Hall–Kier alpha value is -1.57. The van der Waals surface area contributed by atoms with Crippen LogP contribution in [0.1, 0.15) is 31.5 Å². The zero-order valence-corrected chi connectivity index (χ0v) is 10.8. The Bertz CT molecular complexity index is 467. The van der Waals surface area contributed by atoms with E-state index in [9.17, 15) is 18.3 Å². The second kappa shape index (κ2) is 5.82. The van der Waals surface area contributed by atoms with E-state index < -0.39 is 12.0 Å². The molecule has 2 unspecified atom stereocenters. The van der Waals surface area contributed by atoms with E-state index in [4.69, 9.17) is 5.73 Å². The summed E-state index contributed by atoms with van der Waals surface area (Å²) in [5.41, 5.74) is 5.36. The minimum atomic E-state index is -4.62. The molecule has 0 radical (unpaired) electrons. The van der Waals surface area contributed by atoms with Gasteiger partial charge in [-0.25, -0.2) is 9.97 Å². The average Bonchev–Trinajstić information content (AvgIpc) is 2.35. The number of hydrogen-bond acceptors (Lipinski definition) is 5. The molecule has 5 nitrogen and oxygen atoms in total. The highest BCUT2D eigenvalue weighted by molar-refractivity contribution is 5.44. The van der Waals surface area contributed by atoms with Crippen LogP contribution in [0.15, 0.2) is 6.07 Å². The van der Waals surface area contributed by atoms with Crippen LogP contribution in [0, 0.1) is 5.92 Å². The van der Waals surface area contributed by atoms with E-state index in [-0.39, 0.29) is 23.7 Å². The number of aromatic nitrogens is 2. The lowest BCUT2D eigenvalue weighted by molar-refractivity contribution is -0.144. The quantitative estimate of drug-likeness (QED) is 0.793. The third-order valence-corrected chi connectivity index (χ3v) is 3.33. The van der Waals surface area contributed by atoms with Gasteiger partial charge in [0.05, 0.1) is 6.10 Å². The Morgan fingerprint density at radius 3 is 2.75 bits per heavy atom. The predicted octanol–water partition coefficient (Wildman–Crippen LogP) is 2.04. The first-order valence-corrected chi connectivity index (χ1v) is 6.48. The SMILES string of the molecule is Nc1cc(NCC2CCCC(O)C2)nc(C(F)(F)F)n1. The first kappa shape index (κ1) is 14.8. The summed E-state index contributed by atoms with van der Waals surface area (Å²) in [5.74, 6) is -1.18. The van der Waals surface area contributed by atoms with Gasteiger partial charge in [0.15, 0.2) is 0 Å². The van der Waals surface area contributed by atoms with Crippen molar-refractivity contribution >= 4 is 11.6 Å². The molecule has 1 aliphatic carbocycles. The molecule has 0 amide bonds. The Balaban J connectivity index is 2.00. The van der Waals surface area contributed by atoms with E-state index in [0.717, 1.165) is 19.3 Å². The molecular formula is C12H17F3N4O. The molecule has 1 aromatic rings. The highest BCUT2D eigenvalue weighted by atomic mass is 19.4. The van der Waals surface area contributed by atoms with Gasteiger partial charge in [-0.1, -0.05) is 6.42 Å². The van der Waals surface area contributed by atoms with Crippen LogP contribution in [0.5, 0.6) is 0 Å². The molecule has 4 N–H and O–H groups in total. The minimum Gasteiger partial charge on any atom is -0.393 e. The summed E-state index contributed by atoms with van der Waals surface area (Å²) in [6, 6.07) is 1.27. The van der Waals surface area contributed by atoms with E-state index in [1.807, 2.05) is 0 Å². The number of anilines is 2. The molecule has 1 heterocycles. The van der Waals surface area contributed by atoms with Gasteiger partial charge >= 0.3 is 6.18 Å². The average molecular weight is 290 g/mol. The third-order valence-electron chi connectivity index (χ3n) is 3.33. The van der Waals surface area contributed by atoms with Crippen molar-refractivity contribution in [2.24, 2.45) is 5.92 Å². The fourth-order valence-electron chi connectivity index (χ4n) is 2.38. The maximum atomic E-state index is 12.6. The van der Waals surface area contributed by atoms with Gasteiger partial charge in [0, 0.05) is 12.6 Å². The van der Waals surface area contributed by atoms with E-state index in [1.165, 1.54) is 6.07 Å². The summed E-state index contributed by atoms with van der Waals surface area (Å²) < 4.78 is 37.7. The molecule has 0 aromatic carbocycles. The van der Waals surface area contributed by atoms with Gasteiger partial charge in [0.1, 0.15) is 11.6 Å². The van der Waals surface area contributed by atoms with Crippen LogP contribution in [0.25, 0.3) is 0 Å². The molecule has 0 bridgehead atoms. The van der Waals surface area contributed by atoms with Crippen molar-refractivity contribution in [2.75, 3.05) is 17.6 Å². The lowest BCUT2D eigenvalue weighted by Gasteiger charge is -2.26. The lowest BCUT2D eigenvalue weighted by Crippen LogP contribution is -2.25. The Morgan fingerprint density at radius 1 is 1.35 bits per heavy atom. The molecular weight excluding hydrogens is 273 g/mol. The standard InChI is InChI=1S/C12H17F3N4O/c13-12(14,15)11-18-9(16)5-10(19-11)17-6-7-2-1-3-8(20)4-7/h5,7-8,20H,1-4,6H2,(H3,16,17,18,19). The normalized spacial score (nSPS) is 23.6. The zero-order valence-electron chi connectivity index (χ0n) is 10.8. The minimum absolute atomic E-state index is 0.0601. The van der Waals surface area contributed by atoms with Crippen molar-refractivity contribution in [3.63, 3.8) is 0 Å². The first-order chi connectivity index (χ1) is 9.34. The number of halogens is 3. The number of alkyl halides is 3. The smallest absolute Gasteiger partial charge is 0.393 e. The Kier molecular flexibility index (Phi) is 4.32. The third kappa shape index (κ3) is 3.96. The molecule has 0 spiro atoms. The van der Waals surface area contributed by atoms with E-state index >= 15 is 0 Å². The number of hydrogen-bond donors (Lipinski definition) is 3. The van der Waals surface area contributed by atoms with Gasteiger partial charge in [0.2, 0.25) is 5.82 Å². The predicted molar refractivity (Wildman–Crippen MR) is 67.9 cm³/mol. The van der Waals surface area contributed by atoms with E-state index in [1.54, 1.807) is 0 Å². The van der Waals surface area contributed by atoms with Crippen molar-refractivity contribution in [3.8, 4) is 0 Å². The van der Waals surface area contributed by atoms with Gasteiger partial charge < -0.3 is 16.2 Å². The van der Waals surface area contributed by atoms with Crippen molar-refractivity contribution in [2.45, 2.75) is 38.0 Å². The molecule has 8 heteroatoms. The first-order valence-electron chi connectivity index (χ1n) is 6.48. The zero-order chi connectivity index (χ0) is 14.8. The molecule has 2 atom stereocenters. The van der Waals surface area contributed by atoms with Crippen LogP contribution in [-0.2, 0) is 6.18 Å². The van der Waals surface area contributed by atoms with Gasteiger partial charge in [-0.3, -0.25) is 0 Å². The van der Waals surface area contributed by atoms with Crippen molar-refractivity contribution in [1.82, 2.24) is 9.97 Å². The fraction of sp³-hybridized carbons (Fsp3) is 0.667. The Morgan fingerprint density at radius 2 is 2.10 bits per heavy atom. The molecule has 2 rings (SSSR count). The van der Waals surface area contributed by atoms with E-state index in [2.05, 4.69) is 15.3 Å². The Labute approximate surface area is 114 Å². The van der Waals surface area contributed by atoms with Crippen LogP contribution in [0.3, 0.4) is 0 Å². The second-order valence-corrected chi connectivity index (χ2v) is 5.07. The molecule has 1 saturated carbocycles. The molecule has 1 aliphatic rings. The summed E-state index contributed by atoms with van der Waals surface area (Å²) >= 11 is 0. The molecule has 112 valence electrons. The maximum absolute atomic E-state index is 12.6. The summed E-state index contributed by atoms with van der Waals surface area (Å²) in [7, 11) is 0. The van der Waals surface area contributed by atoms with Crippen molar-refractivity contribution < 1.29 is 18.3 Å². The van der Waals surface area contributed by atoms with Crippen molar-refractivity contribution in [1.29, 1.82) is 0 Å².